The molecule has 1 amide bonds. The first-order valence-electron chi connectivity index (χ1n) is 4.69. The molecule has 80 valence electrons. The van der Waals surface area contributed by atoms with Crippen LogP contribution in [0.25, 0.3) is 0 Å². The van der Waals surface area contributed by atoms with Gasteiger partial charge in [0.2, 0.25) is 5.91 Å². The fourth-order valence-corrected chi connectivity index (χ4v) is 1.44. The molecule has 1 heterocycles. The first kappa shape index (κ1) is 11.1. The molecule has 0 N–H and O–H groups in total. The van der Waals surface area contributed by atoms with E-state index in [4.69, 9.17) is 0 Å². The second-order valence-corrected chi connectivity index (χ2v) is 3.97. The van der Waals surface area contributed by atoms with E-state index in [9.17, 15) is 13.6 Å². The summed E-state index contributed by atoms with van der Waals surface area (Å²) in [7, 11) is 0. The van der Waals surface area contributed by atoms with Crippen LogP contribution in [0, 0.1) is 5.92 Å². The van der Waals surface area contributed by atoms with E-state index < -0.39 is 12.5 Å². The Hall–Kier alpha value is -0.930. The minimum atomic E-state index is -2.91. The molecule has 0 aromatic heterocycles. The summed E-state index contributed by atoms with van der Waals surface area (Å²) in [5, 5.41) is 0. The van der Waals surface area contributed by atoms with Gasteiger partial charge in [-0.15, -0.1) is 0 Å². The summed E-state index contributed by atoms with van der Waals surface area (Å²) in [4.78, 5) is 12.7. The van der Waals surface area contributed by atoms with Crippen LogP contribution in [0.1, 0.15) is 20.3 Å². The van der Waals surface area contributed by atoms with Gasteiger partial charge in [-0.05, 0) is 12.0 Å². The number of hydrogen-bond acceptors (Lipinski definition) is 1. The normalized spacial score (nSPS) is 21.5. The van der Waals surface area contributed by atoms with Crippen LogP contribution in [0.15, 0.2) is 12.2 Å². The lowest BCUT2D eigenvalue weighted by atomic mass is 10.0. The zero-order valence-corrected chi connectivity index (χ0v) is 8.52. The van der Waals surface area contributed by atoms with Gasteiger partial charge >= 0.3 is 0 Å². The predicted molar refractivity (Wildman–Crippen MR) is 50.1 cm³/mol. The van der Waals surface area contributed by atoms with E-state index in [0.29, 0.717) is 6.54 Å². The van der Waals surface area contributed by atoms with Crippen molar-refractivity contribution in [2.45, 2.75) is 26.2 Å². The van der Waals surface area contributed by atoms with Crippen molar-refractivity contribution < 1.29 is 13.6 Å². The molecule has 0 aliphatic carbocycles. The van der Waals surface area contributed by atoms with Crippen molar-refractivity contribution in [3.8, 4) is 0 Å². The molecule has 4 heteroatoms. The van der Waals surface area contributed by atoms with Gasteiger partial charge in [-0.3, -0.25) is 4.79 Å². The molecular weight excluding hydrogens is 188 g/mol. The van der Waals surface area contributed by atoms with Crippen LogP contribution in [-0.2, 0) is 4.79 Å². The molecule has 0 unspecified atom stereocenters. The Morgan fingerprint density at radius 1 is 1.57 bits per heavy atom. The van der Waals surface area contributed by atoms with Crippen molar-refractivity contribution in [2.75, 3.05) is 13.1 Å². The molecule has 0 aromatic carbocycles. The molecule has 0 saturated carbocycles. The van der Waals surface area contributed by atoms with Crippen molar-refractivity contribution in [3.63, 3.8) is 0 Å². The average molecular weight is 203 g/mol. The molecule has 1 aliphatic heterocycles. The molecule has 14 heavy (non-hydrogen) atoms. The number of rotatable bonds is 1. The molecule has 0 radical (unpaired) electrons. The Morgan fingerprint density at radius 2 is 2.14 bits per heavy atom. The highest BCUT2D eigenvalue weighted by Crippen LogP contribution is 2.31. The van der Waals surface area contributed by atoms with Crippen LogP contribution in [0.5, 0.6) is 0 Å². The zero-order valence-electron chi connectivity index (χ0n) is 8.52. The molecule has 2 nitrogen and oxygen atoms in total. The van der Waals surface area contributed by atoms with Crippen LogP contribution < -0.4 is 0 Å². The summed E-state index contributed by atoms with van der Waals surface area (Å²) in [5.74, 6) is -3.35. The van der Waals surface area contributed by atoms with E-state index in [0.717, 1.165) is 0 Å². The van der Waals surface area contributed by atoms with Gasteiger partial charge in [0.05, 0.1) is 6.54 Å². The Morgan fingerprint density at radius 3 is 2.57 bits per heavy atom. The van der Waals surface area contributed by atoms with E-state index in [1.807, 2.05) is 0 Å². The molecule has 1 aliphatic rings. The first-order valence-corrected chi connectivity index (χ1v) is 4.69. The number of halogens is 2. The number of alkyl halides is 2. The maximum atomic E-state index is 13.2. The third-order valence-electron chi connectivity index (χ3n) is 2.40. The van der Waals surface area contributed by atoms with Gasteiger partial charge in [-0.25, -0.2) is 0 Å². The van der Waals surface area contributed by atoms with Gasteiger partial charge in [0.1, 0.15) is 0 Å². The van der Waals surface area contributed by atoms with E-state index in [2.05, 4.69) is 6.58 Å². The summed E-state index contributed by atoms with van der Waals surface area (Å²) in [6.07, 6.45) is 0.200. The van der Waals surface area contributed by atoms with Crippen molar-refractivity contribution in [1.82, 2.24) is 4.90 Å². The summed E-state index contributed by atoms with van der Waals surface area (Å²) in [6, 6.07) is 0. The Labute approximate surface area is 82.6 Å². The van der Waals surface area contributed by atoms with E-state index >= 15 is 0 Å². The second kappa shape index (κ2) is 3.67. The van der Waals surface area contributed by atoms with Gasteiger partial charge < -0.3 is 4.90 Å². The Balaban J connectivity index is 2.69. The molecule has 0 bridgehead atoms. The third kappa shape index (κ3) is 2.11. The van der Waals surface area contributed by atoms with Crippen molar-refractivity contribution in [1.29, 1.82) is 0 Å². The minimum absolute atomic E-state index is 0.0645. The zero-order chi connectivity index (χ0) is 10.9. The highest BCUT2D eigenvalue weighted by molar-refractivity contribution is 5.78. The van der Waals surface area contributed by atoms with E-state index in [1.165, 1.54) is 4.90 Å². The van der Waals surface area contributed by atoms with Crippen molar-refractivity contribution in [2.24, 2.45) is 5.92 Å². The lowest BCUT2D eigenvalue weighted by Gasteiger charge is -2.34. The molecular formula is C10H15F2NO. The Bertz CT molecular complexity index is 261. The van der Waals surface area contributed by atoms with Crippen LogP contribution in [0.3, 0.4) is 0 Å². The lowest BCUT2D eigenvalue weighted by molar-refractivity contribution is -0.140. The number of piperidine rings is 1. The topological polar surface area (TPSA) is 20.3 Å². The standard InChI is InChI=1S/C10H15F2NO/c1-7(2)9(14)13-5-4-8(3)10(11,12)6-13/h7H,3-6H2,1-2H3. The maximum Gasteiger partial charge on any atom is 0.286 e. The van der Waals surface area contributed by atoms with Gasteiger partial charge in [-0.2, -0.15) is 8.78 Å². The molecule has 0 aromatic rings. The summed E-state index contributed by atoms with van der Waals surface area (Å²) < 4.78 is 26.4. The number of carbonyl (C=O) groups is 1. The van der Waals surface area contributed by atoms with Gasteiger partial charge in [0.25, 0.3) is 5.92 Å². The number of nitrogens with zero attached hydrogens (tertiary/aromatic N) is 1. The molecule has 1 fully saturated rings. The smallest absolute Gasteiger partial charge is 0.286 e. The Kier molecular flexibility index (Phi) is 2.92. The maximum absolute atomic E-state index is 13.2. The van der Waals surface area contributed by atoms with Crippen molar-refractivity contribution >= 4 is 5.91 Å². The second-order valence-electron chi connectivity index (χ2n) is 3.97. The quantitative estimate of drug-likeness (QED) is 0.597. The highest BCUT2D eigenvalue weighted by atomic mass is 19.3. The molecule has 1 saturated heterocycles. The SMILES string of the molecule is C=C1CCN(C(=O)C(C)C)CC1(F)F. The van der Waals surface area contributed by atoms with Crippen LogP contribution in [0.2, 0.25) is 0 Å². The third-order valence-corrected chi connectivity index (χ3v) is 2.40. The minimum Gasteiger partial charge on any atom is -0.336 e. The fourth-order valence-electron chi connectivity index (χ4n) is 1.44. The average Bonchev–Trinajstić information content (AvgIpc) is 2.08. The molecule has 0 spiro atoms. The monoisotopic (exact) mass is 203 g/mol. The summed E-state index contributed by atoms with van der Waals surface area (Å²) in [6.45, 7) is 6.60. The number of likely N-dealkylation sites (tertiary alicyclic amines) is 1. The van der Waals surface area contributed by atoms with Gasteiger partial charge in [0.15, 0.2) is 0 Å². The number of carbonyl (C=O) groups excluding carboxylic acids is 1. The predicted octanol–water partition coefficient (Wildman–Crippen LogP) is 2.07. The van der Waals surface area contributed by atoms with Gasteiger partial charge in [-0.1, -0.05) is 20.4 Å². The van der Waals surface area contributed by atoms with Crippen molar-refractivity contribution in [3.05, 3.63) is 12.2 Å². The van der Waals surface area contributed by atoms with Crippen LogP contribution >= 0.6 is 0 Å². The van der Waals surface area contributed by atoms with E-state index in [-0.39, 0.29) is 23.8 Å². The lowest BCUT2D eigenvalue weighted by Crippen LogP contribution is -2.48. The van der Waals surface area contributed by atoms with Crippen LogP contribution in [-0.4, -0.2) is 29.8 Å². The first-order chi connectivity index (χ1) is 6.34. The molecule has 0 atom stereocenters. The highest BCUT2D eigenvalue weighted by Gasteiger charge is 2.40. The molecule has 1 rings (SSSR count). The largest absolute Gasteiger partial charge is 0.336 e. The fraction of sp³-hybridized carbons (Fsp3) is 0.700. The van der Waals surface area contributed by atoms with Crippen LogP contribution in [0.4, 0.5) is 8.78 Å². The number of hydrogen-bond donors (Lipinski definition) is 0. The summed E-state index contributed by atoms with van der Waals surface area (Å²) in [5.41, 5.74) is -0.0645. The van der Waals surface area contributed by atoms with Gasteiger partial charge in [0, 0.05) is 12.5 Å². The summed E-state index contributed by atoms with van der Waals surface area (Å²) >= 11 is 0. The number of amides is 1. The van der Waals surface area contributed by atoms with E-state index in [1.54, 1.807) is 13.8 Å².